The number of imidazole rings is 1. The molecule has 2 atom stereocenters. The predicted octanol–water partition coefficient (Wildman–Crippen LogP) is 7.73. The van der Waals surface area contributed by atoms with Crippen LogP contribution in [0.25, 0.3) is 22.5 Å². The molecule has 0 radical (unpaired) electrons. The summed E-state index contributed by atoms with van der Waals surface area (Å²) in [4.78, 5) is 7.11. The van der Waals surface area contributed by atoms with Crippen LogP contribution in [-0.4, -0.2) is 59.5 Å². The second-order valence-electron chi connectivity index (χ2n) is 11.7. The second kappa shape index (κ2) is 16.3. The number of aliphatic hydroxyl groups excluding tert-OH is 1. The first-order valence-corrected chi connectivity index (χ1v) is 17.1. The van der Waals surface area contributed by atoms with Crippen LogP contribution in [0.2, 0.25) is 5.15 Å². The second-order valence-corrected chi connectivity index (χ2v) is 12.1. The molecular weight excluding hydrogens is 610 g/mol. The molecule has 3 aromatic carbocycles. The molecule has 10 heteroatoms. The molecule has 2 heterocycles. The molecule has 5 rings (SSSR count). The molecule has 5 aromatic rings. The van der Waals surface area contributed by atoms with E-state index >= 15 is 0 Å². The minimum atomic E-state index is -0.899. The van der Waals surface area contributed by atoms with Crippen molar-refractivity contribution in [2.24, 2.45) is 0 Å². The van der Waals surface area contributed by atoms with Crippen molar-refractivity contribution < 1.29 is 9.84 Å². The fraction of sp³-hybridized carbons (Fsp3) is 0.405. The van der Waals surface area contributed by atoms with Crippen LogP contribution >= 0.6 is 11.6 Å². The maximum Gasteiger partial charge on any atom is 0.185 e. The fourth-order valence-corrected chi connectivity index (χ4v) is 6.25. The molecule has 9 nitrogen and oxygen atoms in total. The van der Waals surface area contributed by atoms with Crippen LogP contribution in [0, 0.1) is 0 Å². The molecule has 0 saturated carbocycles. The van der Waals surface area contributed by atoms with Crippen LogP contribution in [0.5, 0.6) is 0 Å². The number of halogens is 1. The van der Waals surface area contributed by atoms with Gasteiger partial charge in [-0.2, -0.15) is 4.68 Å². The average Bonchev–Trinajstić information content (AvgIpc) is 3.71. The van der Waals surface area contributed by atoms with Crippen molar-refractivity contribution in [3.05, 3.63) is 106 Å². The topological polar surface area (TPSA) is 94.1 Å². The Hall–Kier alpha value is -3.89. The zero-order valence-corrected chi connectivity index (χ0v) is 28.9. The van der Waals surface area contributed by atoms with Gasteiger partial charge in [-0.3, -0.25) is 4.90 Å². The Morgan fingerprint density at radius 1 is 0.894 bits per heavy atom. The summed E-state index contributed by atoms with van der Waals surface area (Å²) in [5.74, 6) is 1.53. The lowest BCUT2D eigenvalue weighted by Crippen LogP contribution is -2.22. The van der Waals surface area contributed by atoms with E-state index in [0.29, 0.717) is 29.8 Å². The number of nitrogens with zero attached hydrogens (tertiary/aromatic N) is 7. The van der Waals surface area contributed by atoms with Gasteiger partial charge >= 0.3 is 0 Å². The van der Waals surface area contributed by atoms with Crippen LogP contribution in [0.4, 0.5) is 0 Å². The van der Waals surface area contributed by atoms with Crippen molar-refractivity contribution in [2.45, 2.75) is 79.3 Å². The number of aryl methyl sites for hydroxylation is 1. The maximum atomic E-state index is 11.7. The van der Waals surface area contributed by atoms with Crippen LogP contribution in [0.15, 0.2) is 72.8 Å². The molecule has 0 aliphatic heterocycles. The van der Waals surface area contributed by atoms with Crippen molar-refractivity contribution >= 4 is 11.6 Å². The lowest BCUT2D eigenvalue weighted by Gasteiger charge is -2.20. The largest absolute Gasteiger partial charge is 0.382 e. The van der Waals surface area contributed by atoms with Crippen molar-refractivity contribution in [2.75, 3.05) is 19.7 Å². The number of unbranched alkanes of at least 4 members (excludes halogenated alkanes) is 1. The molecule has 47 heavy (non-hydrogen) atoms. The van der Waals surface area contributed by atoms with Gasteiger partial charge in [0, 0.05) is 31.7 Å². The van der Waals surface area contributed by atoms with Crippen LogP contribution in [0.3, 0.4) is 0 Å². The van der Waals surface area contributed by atoms with Gasteiger partial charge in [-0.15, -0.1) is 5.10 Å². The molecule has 0 aliphatic carbocycles. The minimum Gasteiger partial charge on any atom is -0.382 e. The lowest BCUT2D eigenvalue weighted by atomic mass is 9.98. The summed E-state index contributed by atoms with van der Waals surface area (Å²) >= 11 is 6.78. The molecule has 248 valence electrons. The number of ether oxygens (including phenoxy) is 1. The highest BCUT2D eigenvalue weighted by molar-refractivity contribution is 6.30. The van der Waals surface area contributed by atoms with E-state index in [9.17, 15) is 5.11 Å². The zero-order valence-electron chi connectivity index (χ0n) is 28.1. The molecule has 2 unspecified atom stereocenters. The van der Waals surface area contributed by atoms with Gasteiger partial charge in [0.2, 0.25) is 0 Å². The van der Waals surface area contributed by atoms with Gasteiger partial charge in [0.25, 0.3) is 0 Å². The number of tetrazole rings is 1. The van der Waals surface area contributed by atoms with E-state index in [1.54, 1.807) is 4.68 Å². The highest BCUT2D eigenvalue weighted by atomic mass is 35.5. The average molecular weight is 656 g/mol. The minimum absolute atomic E-state index is 0.292. The summed E-state index contributed by atoms with van der Waals surface area (Å²) in [6.45, 7) is 14.4. The van der Waals surface area contributed by atoms with E-state index in [2.05, 4.69) is 88.2 Å². The Balaban J connectivity index is 1.43. The van der Waals surface area contributed by atoms with Gasteiger partial charge in [-0.25, -0.2) is 4.98 Å². The van der Waals surface area contributed by atoms with E-state index in [4.69, 9.17) is 21.3 Å². The number of rotatable bonds is 16. The Morgan fingerprint density at radius 3 is 2.23 bits per heavy atom. The number of hydrogen-bond acceptors (Lipinski definition) is 7. The van der Waals surface area contributed by atoms with Gasteiger partial charge in [-0.1, -0.05) is 112 Å². The highest BCUT2D eigenvalue weighted by Gasteiger charge is 2.24. The fourth-order valence-electron chi connectivity index (χ4n) is 5.94. The zero-order chi connectivity index (χ0) is 33.3. The van der Waals surface area contributed by atoms with Crippen LogP contribution < -0.4 is 0 Å². The van der Waals surface area contributed by atoms with E-state index < -0.39 is 6.10 Å². The van der Waals surface area contributed by atoms with E-state index in [0.717, 1.165) is 72.5 Å². The standard InChI is InChI=1S/C37H46ClN7O2/c1-6-10-15-33-39-36(38)34(35(46)30-22-18-27(19-23-30)24-43(7-2)8-3)44(33)25-28-16-20-29(21-17-28)31-13-11-12-14-32(31)37-40-41-42-45(37)26(5)47-9-4/h11-14,16-23,26,35,46H,6-10,15,24-25H2,1-5H3. The molecule has 0 spiro atoms. The summed E-state index contributed by atoms with van der Waals surface area (Å²) in [6.07, 6.45) is 1.62. The quantitative estimate of drug-likeness (QED) is 0.116. The molecule has 0 fully saturated rings. The van der Waals surface area contributed by atoms with Gasteiger partial charge in [0.05, 0.1) is 5.69 Å². The first kappa shape index (κ1) is 34.4. The Bertz CT molecular complexity index is 1710. The number of aromatic nitrogens is 6. The molecule has 0 amide bonds. The summed E-state index contributed by atoms with van der Waals surface area (Å²) in [5, 5.41) is 24.5. The number of benzene rings is 3. The van der Waals surface area contributed by atoms with Gasteiger partial charge in [0.15, 0.2) is 17.2 Å². The van der Waals surface area contributed by atoms with E-state index in [-0.39, 0.29) is 6.23 Å². The Labute approximate surface area is 283 Å². The highest BCUT2D eigenvalue weighted by Crippen LogP contribution is 2.34. The summed E-state index contributed by atoms with van der Waals surface area (Å²) < 4.78 is 9.58. The smallest absolute Gasteiger partial charge is 0.185 e. The first-order chi connectivity index (χ1) is 22.9. The van der Waals surface area contributed by atoms with Crippen LogP contribution in [0.1, 0.15) is 88.0 Å². The monoisotopic (exact) mass is 655 g/mol. The summed E-state index contributed by atoms with van der Waals surface area (Å²) in [5.41, 5.74) is 6.71. The normalized spacial score (nSPS) is 12.9. The molecule has 0 aliphatic rings. The predicted molar refractivity (Wildman–Crippen MR) is 187 cm³/mol. The van der Waals surface area contributed by atoms with Crippen LogP contribution in [-0.2, 0) is 24.2 Å². The molecular formula is C37H46ClN7O2. The summed E-state index contributed by atoms with van der Waals surface area (Å²) in [7, 11) is 0. The molecule has 0 bridgehead atoms. The first-order valence-electron chi connectivity index (χ1n) is 16.7. The maximum absolute atomic E-state index is 11.7. The number of aliphatic hydroxyl groups is 1. The van der Waals surface area contributed by atoms with Crippen molar-refractivity contribution in [1.82, 2.24) is 34.7 Å². The molecule has 2 aromatic heterocycles. The SMILES string of the molecule is CCCCc1nc(Cl)c(C(O)c2ccc(CN(CC)CC)cc2)n1Cc1ccc(-c2ccccc2-c2nnnn2C(C)OCC)cc1. The third-order valence-electron chi connectivity index (χ3n) is 8.67. The third kappa shape index (κ3) is 7.99. The van der Waals surface area contributed by atoms with Crippen molar-refractivity contribution in [3.63, 3.8) is 0 Å². The van der Waals surface area contributed by atoms with Gasteiger partial charge in [-0.05, 0) is 71.6 Å². The van der Waals surface area contributed by atoms with Crippen molar-refractivity contribution in [3.8, 4) is 22.5 Å². The number of hydrogen-bond donors (Lipinski definition) is 1. The van der Waals surface area contributed by atoms with Crippen molar-refractivity contribution in [1.29, 1.82) is 0 Å². The molecule has 1 N–H and O–H groups in total. The van der Waals surface area contributed by atoms with Gasteiger partial charge in [0.1, 0.15) is 11.9 Å². The Morgan fingerprint density at radius 2 is 1.57 bits per heavy atom. The van der Waals surface area contributed by atoms with E-state index in [1.165, 1.54) is 5.56 Å². The summed E-state index contributed by atoms with van der Waals surface area (Å²) in [6, 6.07) is 24.8. The molecule has 0 saturated heterocycles. The Kier molecular flexibility index (Phi) is 11.9. The van der Waals surface area contributed by atoms with E-state index in [1.807, 2.05) is 44.2 Å². The lowest BCUT2D eigenvalue weighted by molar-refractivity contribution is 0.0159. The van der Waals surface area contributed by atoms with Gasteiger partial charge < -0.3 is 14.4 Å². The third-order valence-corrected chi connectivity index (χ3v) is 8.95.